The van der Waals surface area contributed by atoms with Gasteiger partial charge in [-0.15, -0.1) is 0 Å². The van der Waals surface area contributed by atoms with Crippen LogP contribution in [0.5, 0.6) is 5.88 Å². The lowest BCUT2D eigenvalue weighted by molar-refractivity contribution is 0.0910. The first-order chi connectivity index (χ1) is 12.1. The first kappa shape index (κ1) is 18.0. The molecule has 1 saturated carbocycles. The fraction of sp³-hybridized carbons (Fsp3) is 0.684. The van der Waals surface area contributed by atoms with Gasteiger partial charge >= 0.3 is 0 Å². The zero-order valence-electron chi connectivity index (χ0n) is 15.2. The van der Waals surface area contributed by atoms with Crippen LogP contribution in [0.1, 0.15) is 50.0 Å². The summed E-state index contributed by atoms with van der Waals surface area (Å²) >= 11 is 0. The number of hydrogen-bond donors (Lipinski definition) is 2. The Morgan fingerprint density at radius 1 is 1.36 bits per heavy atom. The molecule has 0 spiro atoms. The van der Waals surface area contributed by atoms with E-state index in [0.29, 0.717) is 24.1 Å². The van der Waals surface area contributed by atoms with Crippen LogP contribution < -0.4 is 15.0 Å². The molecule has 6 nitrogen and oxygen atoms in total. The second-order valence-electron chi connectivity index (χ2n) is 7.39. The van der Waals surface area contributed by atoms with Crippen LogP contribution in [0, 0.1) is 11.8 Å². The van der Waals surface area contributed by atoms with Gasteiger partial charge in [-0.2, -0.15) is 0 Å². The lowest BCUT2D eigenvalue weighted by Crippen LogP contribution is -2.38. The lowest BCUT2D eigenvalue weighted by Gasteiger charge is -2.22. The smallest absolute Gasteiger partial charge is 0.270 e. The van der Waals surface area contributed by atoms with Gasteiger partial charge in [0.05, 0.1) is 12.3 Å². The number of aliphatic hydroxyl groups is 1. The van der Waals surface area contributed by atoms with E-state index in [-0.39, 0.29) is 24.5 Å². The number of carbonyl (C=O) groups excluding carboxylic acids is 1. The maximum absolute atomic E-state index is 12.5. The van der Waals surface area contributed by atoms with Gasteiger partial charge in [0, 0.05) is 25.7 Å². The van der Waals surface area contributed by atoms with Gasteiger partial charge in [0.25, 0.3) is 5.91 Å². The SMILES string of the molecule is C[C@H](CO)[C@H](C)NC(=O)c1ccc(N2CCCC2)c(OCC2CC2)n1. The molecule has 0 unspecified atom stereocenters. The van der Waals surface area contributed by atoms with Gasteiger partial charge in [-0.3, -0.25) is 4.79 Å². The summed E-state index contributed by atoms with van der Waals surface area (Å²) in [5.41, 5.74) is 1.36. The Morgan fingerprint density at radius 2 is 2.08 bits per heavy atom. The first-order valence-corrected chi connectivity index (χ1v) is 9.39. The van der Waals surface area contributed by atoms with Gasteiger partial charge in [0.2, 0.25) is 5.88 Å². The maximum atomic E-state index is 12.5. The topological polar surface area (TPSA) is 74.7 Å². The number of amides is 1. The van der Waals surface area contributed by atoms with Gasteiger partial charge in [0.15, 0.2) is 0 Å². The number of carbonyl (C=O) groups is 1. The summed E-state index contributed by atoms with van der Waals surface area (Å²) in [4.78, 5) is 19.3. The Hall–Kier alpha value is -1.82. The monoisotopic (exact) mass is 347 g/mol. The van der Waals surface area contributed by atoms with Crippen LogP contribution in [-0.4, -0.2) is 48.3 Å². The van der Waals surface area contributed by atoms with Crippen LogP contribution in [0.25, 0.3) is 0 Å². The molecule has 1 amide bonds. The average Bonchev–Trinajstić information content (AvgIpc) is 3.30. The molecule has 2 N–H and O–H groups in total. The Morgan fingerprint density at radius 3 is 2.72 bits per heavy atom. The minimum atomic E-state index is -0.225. The summed E-state index contributed by atoms with van der Waals surface area (Å²) in [6.07, 6.45) is 4.80. The Kier molecular flexibility index (Phi) is 5.78. The third-order valence-corrected chi connectivity index (χ3v) is 5.17. The normalized spacial score (nSPS) is 19.6. The van der Waals surface area contributed by atoms with E-state index in [1.54, 1.807) is 6.07 Å². The fourth-order valence-electron chi connectivity index (χ4n) is 2.93. The lowest BCUT2D eigenvalue weighted by atomic mass is 10.1. The van der Waals surface area contributed by atoms with Crippen molar-refractivity contribution in [2.75, 3.05) is 31.2 Å². The zero-order valence-corrected chi connectivity index (χ0v) is 15.2. The number of nitrogens with zero attached hydrogens (tertiary/aromatic N) is 2. The largest absolute Gasteiger partial charge is 0.476 e. The van der Waals surface area contributed by atoms with Crippen LogP contribution >= 0.6 is 0 Å². The van der Waals surface area contributed by atoms with E-state index in [1.165, 1.54) is 25.7 Å². The van der Waals surface area contributed by atoms with Crippen LogP contribution in [0.3, 0.4) is 0 Å². The predicted octanol–water partition coefficient (Wildman–Crippen LogP) is 2.22. The number of rotatable bonds is 8. The molecule has 138 valence electrons. The van der Waals surface area contributed by atoms with Gasteiger partial charge < -0.3 is 20.1 Å². The van der Waals surface area contributed by atoms with Crippen molar-refractivity contribution in [1.82, 2.24) is 10.3 Å². The molecule has 6 heteroatoms. The molecule has 25 heavy (non-hydrogen) atoms. The molecule has 2 heterocycles. The van der Waals surface area contributed by atoms with Crippen molar-refractivity contribution in [2.24, 2.45) is 11.8 Å². The Balaban J connectivity index is 1.74. The highest BCUT2D eigenvalue weighted by Crippen LogP contribution is 2.33. The van der Waals surface area contributed by atoms with E-state index in [0.717, 1.165) is 18.8 Å². The van der Waals surface area contributed by atoms with E-state index in [2.05, 4.69) is 15.2 Å². The molecule has 2 fully saturated rings. The fourth-order valence-corrected chi connectivity index (χ4v) is 2.93. The highest BCUT2D eigenvalue weighted by Gasteiger charge is 2.25. The van der Waals surface area contributed by atoms with Crippen LogP contribution in [0.2, 0.25) is 0 Å². The minimum absolute atomic E-state index is 0.00147. The van der Waals surface area contributed by atoms with Gasteiger partial charge in [-0.25, -0.2) is 4.98 Å². The Labute approximate surface area is 149 Å². The van der Waals surface area contributed by atoms with Gasteiger partial charge in [0.1, 0.15) is 5.69 Å². The van der Waals surface area contributed by atoms with Crippen molar-refractivity contribution in [1.29, 1.82) is 0 Å². The van der Waals surface area contributed by atoms with E-state index in [9.17, 15) is 9.90 Å². The van der Waals surface area contributed by atoms with Gasteiger partial charge in [-0.05, 0) is 56.6 Å². The standard InChI is InChI=1S/C19H29N3O3/c1-13(11-23)14(2)20-18(24)16-7-8-17(22-9-3-4-10-22)19(21-16)25-12-15-5-6-15/h7-8,13-15,23H,3-6,9-12H2,1-2H3,(H,20,24)/t13-,14+/m1/s1. The van der Waals surface area contributed by atoms with Crippen molar-refractivity contribution in [3.63, 3.8) is 0 Å². The Bertz CT molecular complexity index is 598. The minimum Gasteiger partial charge on any atom is -0.476 e. The number of aliphatic hydroxyl groups excluding tert-OH is 1. The number of ether oxygens (including phenoxy) is 1. The number of pyridine rings is 1. The summed E-state index contributed by atoms with van der Waals surface area (Å²) in [5.74, 6) is 0.982. The number of nitrogens with one attached hydrogen (secondary N) is 1. The highest BCUT2D eigenvalue weighted by molar-refractivity contribution is 5.93. The first-order valence-electron chi connectivity index (χ1n) is 9.39. The summed E-state index contributed by atoms with van der Waals surface area (Å²) < 4.78 is 5.97. The number of aromatic nitrogens is 1. The summed E-state index contributed by atoms with van der Waals surface area (Å²) in [5, 5.41) is 12.1. The van der Waals surface area contributed by atoms with Crippen molar-refractivity contribution in [3.8, 4) is 5.88 Å². The van der Waals surface area contributed by atoms with E-state index in [1.807, 2.05) is 19.9 Å². The molecule has 0 bridgehead atoms. The van der Waals surface area contributed by atoms with Crippen LogP contribution in [0.4, 0.5) is 5.69 Å². The average molecular weight is 347 g/mol. The summed E-state index contributed by atoms with van der Waals surface area (Å²) in [7, 11) is 0. The zero-order chi connectivity index (χ0) is 17.8. The van der Waals surface area contributed by atoms with Crippen molar-refractivity contribution < 1.29 is 14.6 Å². The molecule has 2 atom stereocenters. The van der Waals surface area contributed by atoms with E-state index >= 15 is 0 Å². The van der Waals surface area contributed by atoms with E-state index in [4.69, 9.17) is 4.74 Å². The molecule has 1 aliphatic carbocycles. The summed E-state index contributed by atoms with van der Waals surface area (Å²) in [6.45, 7) is 6.53. The molecule has 2 aliphatic rings. The molecule has 1 saturated heterocycles. The van der Waals surface area contributed by atoms with Crippen molar-refractivity contribution in [2.45, 2.75) is 45.6 Å². The third-order valence-electron chi connectivity index (χ3n) is 5.17. The summed E-state index contributed by atoms with van der Waals surface area (Å²) in [6, 6.07) is 3.60. The predicted molar refractivity (Wildman–Crippen MR) is 97.1 cm³/mol. The van der Waals surface area contributed by atoms with E-state index < -0.39 is 0 Å². The number of hydrogen-bond acceptors (Lipinski definition) is 5. The van der Waals surface area contributed by atoms with Crippen molar-refractivity contribution in [3.05, 3.63) is 17.8 Å². The second-order valence-corrected chi connectivity index (χ2v) is 7.39. The van der Waals surface area contributed by atoms with Crippen molar-refractivity contribution >= 4 is 11.6 Å². The van der Waals surface area contributed by atoms with Crippen LogP contribution in [-0.2, 0) is 0 Å². The molecule has 0 aromatic carbocycles. The molecular weight excluding hydrogens is 318 g/mol. The maximum Gasteiger partial charge on any atom is 0.270 e. The number of anilines is 1. The molecule has 1 aromatic rings. The molecular formula is C19H29N3O3. The van der Waals surface area contributed by atoms with Crippen LogP contribution in [0.15, 0.2) is 12.1 Å². The quantitative estimate of drug-likeness (QED) is 0.754. The molecule has 3 rings (SSSR count). The molecule has 1 aromatic heterocycles. The van der Waals surface area contributed by atoms with Gasteiger partial charge in [-0.1, -0.05) is 6.92 Å². The molecule has 1 aliphatic heterocycles. The third kappa shape index (κ3) is 4.63. The second kappa shape index (κ2) is 8.04. The molecule has 0 radical (unpaired) electrons. The highest BCUT2D eigenvalue weighted by atomic mass is 16.5.